The van der Waals surface area contributed by atoms with Gasteiger partial charge >= 0.3 is 7.60 Å². The zero-order valence-corrected chi connectivity index (χ0v) is 17.7. The van der Waals surface area contributed by atoms with Crippen LogP contribution in [0.15, 0.2) is 17.6 Å². The highest BCUT2D eigenvalue weighted by Gasteiger charge is 2.21. The average molecular weight is 412 g/mol. The number of fused-ring (bicyclic) bond motifs is 1. The summed E-state index contributed by atoms with van der Waals surface area (Å²) in [4.78, 5) is 29.1. The minimum Gasteiger partial charge on any atom is -0.364 e. The number of hydrogen-bond acceptors (Lipinski definition) is 7. The van der Waals surface area contributed by atoms with Gasteiger partial charge in [-0.05, 0) is 27.2 Å². The molecule has 11 heteroatoms. The third-order valence-corrected chi connectivity index (χ3v) is 5.07. The van der Waals surface area contributed by atoms with Crippen molar-refractivity contribution in [1.29, 1.82) is 0 Å². The van der Waals surface area contributed by atoms with Crippen LogP contribution >= 0.6 is 7.60 Å². The summed E-state index contributed by atoms with van der Waals surface area (Å²) in [6, 6.07) is 0. The van der Waals surface area contributed by atoms with E-state index < -0.39 is 7.60 Å². The summed E-state index contributed by atoms with van der Waals surface area (Å²) in [5, 5.41) is 0. The zero-order chi connectivity index (χ0) is 20.6. The van der Waals surface area contributed by atoms with Crippen LogP contribution in [0.2, 0.25) is 0 Å². The Labute approximate surface area is 165 Å². The number of hydrogen-bond donors (Lipinski definition) is 1. The maximum Gasteiger partial charge on any atom is 0.353 e. The van der Waals surface area contributed by atoms with E-state index in [9.17, 15) is 9.46 Å². The average Bonchev–Trinajstić information content (AvgIpc) is 3.09. The lowest BCUT2D eigenvalue weighted by atomic mass is 10.4. The Hall–Kier alpha value is -1.87. The molecule has 10 nitrogen and oxygen atoms in total. The van der Waals surface area contributed by atoms with Crippen LogP contribution in [0.1, 0.15) is 34.1 Å². The van der Waals surface area contributed by atoms with Crippen molar-refractivity contribution in [2.75, 3.05) is 26.0 Å². The third kappa shape index (κ3) is 6.34. The fraction of sp³-hybridized carbons (Fsp3) is 0.647. The maximum absolute atomic E-state index is 11.9. The molecule has 2 aromatic rings. The summed E-state index contributed by atoms with van der Waals surface area (Å²) in [5.74, 6) is 0.497. The number of ether oxygens (including phenoxy) is 1. The van der Waals surface area contributed by atoms with Crippen LogP contribution in [-0.4, -0.2) is 67.8 Å². The number of nitrogens with zero attached hydrogens (tertiary/aromatic N) is 6. The van der Waals surface area contributed by atoms with Crippen LogP contribution < -0.4 is 0 Å². The molecule has 0 bridgehead atoms. The molecular weight excluding hydrogens is 383 g/mol. The molecule has 0 aliphatic carbocycles. The van der Waals surface area contributed by atoms with Crippen molar-refractivity contribution >= 4 is 30.9 Å². The molecule has 2 rings (SSSR count). The molecule has 2 heterocycles. The second-order valence-electron chi connectivity index (χ2n) is 6.31. The largest absolute Gasteiger partial charge is 0.364 e. The molecule has 0 fully saturated rings. The van der Waals surface area contributed by atoms with Gasteiger partial charge in [-0.3, -0.25) is 4.57 Å². The van der Waals surface area contributed by atoms with E-state index in [0.29, 0.717) is 29.9 Å². The predicted molar refractivity (Wildman–Crippen MR) is 108 cm³/mol. The van der Waals surface area contributed by atoms with Crippen molar-refractivity contribution in [2.45, 2.75) is 46.8 Å². The van der Waals surface area contributed by atoms with E-state index in [4.69, 9.17) is 9.26 Å². The fourth-order valence-electron chi connectivity index (χ4n) is 2.44. The minimum absolute atomic E-state index is 0.228. The van der Waals surface area contributed by atoms with E-state index in [0.717, 1.165) is 13.1 Å². The Bertz CT molecular complexity index is 823. The first-order valence-corrected chi connectivity index (χ1v) is 11.2. The van der Waals surface area contributed by atoms with Gasteiger partial charge in [0.15, 0.2) is 17.0 Å². The van der Waals surface area contributed by atoms with Gasteiger partial charge in [0.2, 0.25) is 0 Å². The molecule has 0 radical (unpaired) electrons. The molecule has 0 spiro atoms. The Morgan fingerprint density at radius 3 is 2.75 bits per heavy atom. The van der Waals surface area contributed by atoms with Gasteiger partial charge in [-0.25, -0.2) is 19.9 Å². The van der Waals surface area contributed by atoms with Crippen molar-refractivity contribution in [3.05, 3.63) is 12.7 Å². The first-order chi connectivity index (χ1) is 13.4. The Balaban J connectivity index is 2.06. The van der Waals surface area contributed by atoms with Crippen molar-refractivity contribution in [2.24, 2.45) is 4.99 Å². The summed E-state index contributed by atoms with van der Waals surface area (Å²) in [5.41, 5.74) is 1.23. The summed E-state index contributed by atoms with van der Waals surface area (Å²) in [7, 11) is -3.73. The molecule has 0 aliphatic rings. The van der Waals surface area contributed by atoms with Crippen molar-refractivity contribution < 1.29 is 18.7 Å². The maximum atomic E-state index is 11.9. The predicted octanol–water partition coefficient (Wildman–Crippen LogP) is 2.80. The van der Waals surface area contributed by atoms with Crippen molar-refractivity contribution in [3.8, 4) is 0 Å². The van der Waals surface area contributed by atoms with E-state index in [1.54, 1.807) is 12.7 Å². The lowest BCUT2D eigenvalue weighted by Crippen LogP contribution is -2.20. The number of aromatic nitrogens is 4. The van der Waals surface area contributed by atoms with Crippen molar-refractivity contribution in [1.82, 2.24) is 24.4 Å². The molecule has 0 saturated heterocycles. The Morgan fingerprint density at radius 1 is 1.32 bits per heavy atom. The smallest absolute Gasteiger partial charge is 0.353 e. The second-order valence-corrected chi connectivity index (χ2v) is 8.10. The standard InChI is InChI=1S/C17H29N6O4P/c1-5-8-27-28(24,25)13-26-14(4)9-23-12-20-15-16(18-10-19-17(15)23)21-11-22(6-2)7-3/h10-12,14H,5-9,13H2,1-4H3,(H,24,25)/b21-11+/t14-/m1/s1. The van der Waals surface area contributed by atoms with Gasteiger partial charge in [0.1, 0.15) is 12.7 Å². The Morgan fingerprint density at radius 2 is 2.07 bits per heavy atom. The molecule has 1 unspecified atom stereocenters. The van der Waals surface area contributed by atoms with Gasteiger partial charge in [-0.15, -0.1) is 0 Å². The van der Waals surface area contributed by atoms with Crippen LogP contribution in [-0.2, 0) is 20.4 Å². The van der Waals surface area contributed by atoms with Gasteiger partial charge in [0.05, 0.1) is 31.9 Å². The van der Waals surface area contributed by atoms with Gasteiger partial charge in [-0.2, -0.15) is 0 Å². The van der Waals surface area contributed by atoms with E-state index in [-0.39, 0.29) is 19.1 Å². The van der Waals surface area contributed by atoms with E-state index >= 15 is 0 Å². The SMILES string of the molecule is CCCOP(=O)(O)CO[C@H](C)Cn1cnc2c(/N=C/N(CC)CC)ncnc21. The Kier molecular flexibility index (Phi) is 8.50. The van der Waals surface area contributed by atoms with Crippen molar-refractivity contribution in [3.63, 3.8) is 0 Å². The number of imidazole rings is 1. The lowest BCUT2D eigenvalue weighted by Gasteiger charge is -2.17. The summed E-state index contributed by atoms with van der Waals surface area (Å²) >= 11 is 0. The highest BCUT2D eigenvalue weighted by atomic mass is 31.2. The molecule has 156 valence electrons. The fourth-order valence-corrected chi connectivity index (χ4v) is 3.43. The van der Waals surface area contributed by atoms with E-state index in [1.807, 2.05) is 18.4 Å². The first-order valence-electron chi connectivity index (χ1n) is 9.42. The molecule has 2 aromatic heterocycles. The van der Waals surface area contributed by atoms with Crippen LogP contribution in [0.3, 0.4) is 0 Å². The second kappa shape index (κ2) is 10.6. The van der Waals surface area contributed by atoms with Gasteiger partial charge in [0.25, 0.3) is 0 Å². The van der Waals surface area contributed by atoms with Crippen LogP contribution in [0.25, 0.3) is 11.2 Å². The summed E-state index contributed by atoms with van der Waals surface area (Å²) < 4.78 is 24.1. The van der Waals surface area contributed by atoms with Gasteiger partial charge in [0, 0.05) is 13.1 Å². The highest BCUT2D eigenvalue weighted by molar-refractivity contribution is 7.52. The van der Waals surface area contributed by atoms with Crippen LogP contribution in [0.4, 0.5) is 5.82 Å². The quantitative estimate of drug-likeness (QED) is 0.321. The monoisotopic (exact) mass is 412 g/mol. The van der Waals surface area contributed by atoms with E-state index in [2.05, 4.69) is 38.7 Å². The molecule has 0 aliphatic heterocycles. The summed E-state index contributed by atoms with van der Waals surface area (Å²) in [6.45, 7) is 10.1. The number of aliphatic imine (C=N–C) groups is 1. The zero-order valence-electron chi connectivity index (χ0n) is 16.9. The third-order valence-electron chi connectivity index (χ3n) is 4.01. The summed E-state index contributed by atoms with van der Waals surface area (Å²) in [6.07, 6.45) is 4.82. The highest BCUT2D eigenvalue weighted by Crippen LogP contribution is 2.42. The van der Waals surface area contributed by atoms with Gasteiger partial charge < -0.3 is 23.6 Å². The van der Waals surface area contributed by atoms with Gasteiger partial charge in [-0.1, -0.05) is 6.92 Å². The molecule has 2 atom stereocenters. The van der Waals surface area contributed by atoms with Crippen LogP contribution in [0.5, 0.6) is 0 Å². The number of rotatable bonds is 12. The van der Waals surface area contributed by atoms with E-state index in [1.165, 1.54) is 6.33 Å². The minimum atomic E-state index is -3.73. The molecule has 0 saturated carbocycles. The molecular formula is C17H29N6O4P. The lowest BCUT2D eigenvalue weighted by molar-refractivity contribution is 0.0717. The first kappa shape index (κ1) is 22.4. The van der Waals surface area contributed by atoms with Crippen LogP contribution in [0, 0.1) is 0 Å². The molecule has 28 heavy (non-hydrogen) atoms. The normalized spacial score (nSPS) is 15.2. The molecule has 0 aromatic carbocycles. The molecule has 0 amide bonds. The topological polar surface area (TPSA) is 115 Å². The molecule has 1 N–H and O–H groups in total.